The zero-order valence-corrected chi connectivity index (χ0v) is 8.00. The molecule has 1 heterocycles. The van der Waals surface area contributed by atoms with Crippen molar-refractivity contribution in [1.29, 1.82) is 0 Å². The zero-order chi connectivity index (χ0) is 9.36. The first-order valence-electron chi connectivity index (χ1n) is 4.87. The van der Waals surface area contributed by atoms with E-state index in [0.29, 0.717) is 0 Å². The molecule has 0 spiro atoms. The fourth-order valence-corrected chi connectivity index (χ4v) is 1.16. The van der Waals surface area contributed by atoms with E-state index in [-0.39, 0.29) is 0 Å². The van der Waals surface area contributed by atoms with Gasteiger partial charge in [0.2, 0.25) is 0 Å². The Morgan fingerprint density at radius 2 is 2.15 bits per heavy atom. The van der Waals surface area contributed by atoms with Crippen LogP contribution < -0.4 is 5.32 Å². The smallest absolute Gasteiger partial charge is 0.125 e. The number of hydrogen-bond acceptors (Lipinski definition) is 2. The molecule has 13 heavy (non-hydrogen) atoms. The second-order valence-corrected chi connectivity index (χ2v) is 3.06. The average Bonchev–Trinajstić information content (AvgIpc) is 2.19. The second-order valence-electron chi connectivity index (χ2n) is 3.06. The van der Waals surface area contributed by atoms with Gasteiger partial charge in [0.15, 0.2) is 0 Å². The molecule has 1 N–H and O–H groups in total. The highest BCUT2D eigenvalue weighted by Gasteiger charge is 1.90. The Hall–Kier alpha value is -1.05. The summed E-state index contributed by atoms with van der Waals surface area (Å²) < 4.78 is 0. The van der Waals surface area contributed by atoms with E-state index in [1.165, 1.54) is 19.3 Å². The summed E-state index contributed by atoms with van der Waals surface area (Å²) in [6.45, 7) is 4.82. The Morgan fingerprint density at radius 3 is 2.85 bits per heavy atom. The van der Waals surface area contributed by atoms with E-state index in [2.05, 4.69) is 17.2 Å². The molecular formula is C11H17N2. The lowest BCUT2D eigenvalue weighted by molar-refractivity contribution is 0.706. The van der Waals surface area contributed by atoms with E-state index in [1.54, 1.807) is 6.20 Å². The van der Waals surface area contributed by atoms with Gasteiger partial charge in [0.25, 0.3) is 0 Å². The number of anilines is 1. The highest BCUT2D eigenvalue weighted by Crippen LogP contribution is 2.02. The van der Waals surface area contributed by atoms with E-state index in [9.17, 15) is 0 Å². The molecule has 0 aliphatic rings. The van der Waals surface area contributed by atoms with Gasteiger partial charge in [0.1, 0.15) is 5.82 Å². The van der Waals surface area contributed by atoms with Gasteiger partial charge in [0, 0.05) is 12.7 Å². The van der Waals surface area contributed by atoms with Crippen molar-refractivity contribution in [3.63, 3.8) is 0 Å². The molecule has 2 heteroatoms. The van der Waals surface area contributed by atoms with Gasteiger partial charge in [-0.15, -0.1) is 0 Å². The summed E-state index contributed by atoms with van der Waals surface area (Å²) in [6, 6.07) is 5.90. The van der Waals surface area contributed by atoms with Crippen molar-refractivity contribution in [2.75, 3.05) is 11.9 Å². The zero-order valence-electron chi connectivity index (χ0n) is 8.00. The van der Waals surface area contributed by atoms with Crippen LogP contribution >= 0.6 is 0 Å². The summed E-state index contributed by atoms with van der Waals surface area (Å²) in [4.78, 5) is 4.17. The second kappa shape index (κ2) is 6.46. The lowest BCUT2D eigenvalue weighted by Crippen LogP contribution is -2.02. The molecule has 0 amide bonds. The molecule has 1 aromatic rings. The predicted molar refractivity (Wildman–Crippen MR) is 56.6 cm³/mol. The molecule has 0 bridgehead atoms. The van der Waals surface area contributed by atoms with Gasteiger partial charge in [-0.25, -0.2) is 4.98 Å². The number of nitrogens with one attached hydrogen (secondary N) is 1. The van der Waals surface area contributed by atoms with Crippen molar-refractivity contribution in [3.8, 4) is 0 Å². The van der Waals surface area contributed by atoms with Crippen molar-refractivity contribution in [1.82, 2.24) is 4.98 Å². The third-order valence-electron chi connectivity index (χ3n) is 1.90. The van der Waals surface area contributed by atoms with Crippen LogP contribution in [0, 0.1) is 6.92 Å². The number of rotatable bonds is 6. The molecule has 0 saturated heterocycles. The Kier molecular flexibility index (Phi) is 4.99. The molecule has 0 aliphatic heterocycles. The number of hydrogen-bond donors (Lipinski definition) is 1. The van der Waals surface area contributed by atoms with Crippen LogP contribution in [0.3, 0.4) is 0 Å². The summed E-state index contributed by atoms with van der Waals surface area (Å²) in [5.74, 6) is 0.970. The van der Waals surface area contributed by atoms with Crippen molar-refractivity contribution in [2.24, 2.45) is 0 Å². The van der Waals surface area contributed by atoms with Crippen LogP contribution in [0.25, 0.3) is 0 Å². The first kappa shape index (κ1) is 10.0. The summed E-state index contributed by atoms with van der Waals surface area (Å²) in [6.07, 6.45) is 6.53. The molecule has 0 unspecified atom stereocenters. The van der Waals surface area contributed by atoms with Crippen molar-refractivity contribution < 1.29 is 0 Å². The van der Waals surface area contributed by atoms with Crippen molar-refractivity contribution in [2.45, 2.75) is 25.7 Å². The molecule has 0 aliphatic carbocycles. The first-order valence-corrected chi connectivity index (χ1v) is 4.87. The Bertz CT molecular complexity index is 209. The molecule has 71 valence electrons. The fraction of sp³-hybridized carbons (Fsp3) is 0.455. The van der Waals surface area contributed by atoms with Crippen LogP contribution in [0.2, 0.25) is 0 Å². The third kappa shape index (κ3) is 4.51. The van der Waals surface area contributed by atoms with E-state index in [0.717, 1.165) is 18.8 Å². The largest absolute Gasteiger partial charge is 0.370 e. The predicted octanol–water partition coefficient (Wildman–Crippen LogP) is 2.89. The minimum Gasteiger partial charge on any atom is -0.370 e. The molecule has 0 atom stereocenters. The van der Waals surface area contributed by atoms with Crippen LogP contribution in [0.5, 0.6) is 0 Å². The molecule has 0 aromatic carbocycles. The highest BCUT2D eigenvalue weighted by atomic mass is 15.0. The molecule has 0 fully saturated rings. The fourth-order valence-electron chi connectivity index (χ4n) is 1.16. The molecule has 0 saturated carbocycles. The standard InChI is InChI=1S/C11H17N2/c1-2-3-4-6-9-12-11-8-5-7-10-13-11/h5,7-8,10H,1-4,6,9H2,(H,12,13). The summed E-state index contributed by atoms with van der Waals surface area (Å²) in [5, 5.41) is 3.27. The monoisotopic (exact) mass is 177 g/mol. The highest BCUT2D eigenvalue weighted by molar-refractivity contribution is 5.32. The molecule has 1 rings (SSSR count). The van der Waals surface area contributed by atoms with E-state index in [4.69, 9.17) is 0 Å². The van der Waals surface area contributed by atoms with E-state index >= 15 is 0 Å². The summed E-state index contributed by atoms with van der Waals surface area (Å²) >= 11 is 0. The van der Waals surface area contributed by atoms with Crippen molar-refractivity contribution in [3.05, 3.63) is 31.3 Å². The maximum absolute atomic E-state index is 4.17. The van der Waals surface area contributed by atoms with Gasteiger partial charge in [-0.05, 0) is 18.6 Å². The molecule has 1 aromatic heterocycles. The van der Waals surface area contributed by atoms with Crippen molar-refractivity contribution >= 4 is 5.82 Å². The molecule has 1 radical (unpaired) electrons. The normalized spacial score (nSPS) is 9.92. The number of pyridine rings is 1. The van der Waals surface area contributed by atoms with Gasteiger partial charge >= 0.3 is 0 Å². The van der Waals surface area contributed by atoms with Gasteiger partial charge in [0.05, 0.1) is 0 Å². The van der Waals surface area contributed by atoms with Crippen LogP contribution in [0.15, 0.2) is 24.4 Å². The van der Waals surface area contributed by atoms with E-state index < -0.39 is 0 Å². The number of unbranched alkanes of at least 4 members (excludes halogenated alkanes) is 3. The maximum atomic E-state index is 4.17. The van der Waals surface area contributed by atoms with Crippen LogP contribution in [-0.2, 0) is 0 Å². The SMILES string of the molecule is [CH2]CCCCCNc1ccccn1. The van der Waals surface area contributed by atoms with Crippen LogP contribution in [-0.4, -0.2) is 11.5 Å². The Labute approximate surface area is 80.4 Å². The lowest BCUT2D eigenvalue weighted by Gasteiger charge is -2.03. The minimum atomic E-state index is 0.970. The lowest BCUT2D eigenvalue weighted by atomic mass is 10.2. The molecule has 2 nitrogen and oxygen atoms in total. The number of nitrogens with zero attached hydrogens (tertiary/aromatic N) is 1. The maximum Gasteiger partial charge on any atom is 0.125 e. The van der Waals surface area contributed by atoms with Gasteiger partial charge in [-0.1, -0.05) is 32.3 Å². The Balaban J connectivity index is 2.07. The van der Waals surface area contributed by atoms with Gasteiger partial charge < -0.3 is 5.32 Å². The van der Waals surface area contributed by atoms with E-state index in [1.807, 2.05) is 18.2 Å². The first-order chi connectivity index (χ1) is 6.43. The third-order valence-corrected chi connectivity index (χ3v) is 1.90. The number of aromatic nitrogens is 1. The average molecular weight is 177 g/mol. The van der Waals surface area contributed by atoms with Crippen LogP contribution in [0.4, 0.5) is 5.82 Å². The quantitative estimate of drug-likeness (QED) is 0.676. The summed E-state index contributed by atoms with van der Waals surface area (Å²) in [5.41, 5.74) is 0. The van der Waals surface area contributed by atoms with Crippen LogP contribution in [0.1, 0.15) is 25.7 Å². The van der Waals surface area contributed by atoms with Gasteiger partial charge in [-0.3, -0.25) is 0 Å². The molecular weight excluding hydrogens is 160 g/mol. The Morgan fingerprint density at radius 1 is 1.23 bits per heavy atom. The van der Waals surface area contributed by atoms with Gasteiger partial charge in [-0.2, -0.15) is 0 Å². The minimum absolute atomic E-state index is 0.970. The summed E-state index contributed by atoms with van der Waals surface area (Å²) in [7, 11) is 0. The topological polar surface area (TPSA) is 24.9 Å².